The molecule has 0 aliphatic carbocycles. The van der Waals surface area contributed by atoms with Gasteiger partial charge in [-0.15, -0.1) is 10.2 Å². The molecule has 2 aromatic carbocycles. The number of nitrogens with one attached hydrogen (secondary N) is 2. The van der Waals surface area contributed by atoms with Crippen LogP contribution in [0.25, 0.3) is 11.4 Å². The molecule has 0 saturated carbocycles. The van der Waals surface area contributed by atoms with Crippen molar-refractivity contribution >= 4 is 23.2 Å². The summed E-state index contributed by atoms with van der Waals surface area (Å²) in [6.45, 7) is 3.84. The summed E-state index contributed by atoms with van der Waals surface area (Å²) in [6.07, 6.45) is 1.64. The normalized spacial score (nSPS) is 12.9. The van der Waals surface area contributed by atoms with E-state index in [0.29, 0.717) is 11.5 Å². The van der Waals surface area contributed by atoms with E-state index in [1.807, 2.05) is 24.5 Å². The van der Waals surface area contributed by atoms with Crippen molar-refractivity contribution in [1.82, 2.24) is 14.8 Å². The lowest BCUT2D eigenvalue weighted by molar-refractivity contribution is -0.118. The highest BCUT2D eigenvalue weighted by atomic mass is 19.1. The number of rotatable bonds is 4. The first kappa shape index (κ1) is 18.6. The molecule has 1 aliphatic rings. The second-order valence-corrected chi connectivity index (χ2v) is 6.86. The number of carbonyl (C=O) groups is 2. The quantitative estimate of drug-likeness (QED) is 0.707. The monoisotopic (exact) mass is 395 g/mol. The Kier molecular flexibility index (Phi) is 4.71. The number of nitrogens with zero attached hydrogens (tertiary/aromatic N) is 3. The Morgan fingerprint density at radius 1 is 1.31 bits per heavy atom. The molecule has 1 aliphatic heterocycles. The zero-order valence-electron chi connectivity index (χ0n) is 15.8. The van der Waals surface area contributed by atoms with Gasteiger partial charge < -0.3 is 19.9 Å². The molecule has 0 unspecified atom stereocenters. The third-order valence-corrected chi connectivity index (χ3v) is 4.45. The van der Waals surface area contributed by atoms with E-state index in [-0.39, 0.29) is 35.6 Å². The van der Waals surface area contributed by atoms with Crippen molar-refractivity contribution < 1.29 is 18.7 Å². The predicted octanol–water partition coefficient (Wildman–Crippen LogP) is 3.25. The van der Waals surface area contributed by atoms with Crippen LogP contribution in [0, 0.1) is 5.82 Å². The van der Waals surface area contributed by atoms with Crippen LogP contribution in [0.4, 0.5) is 15.8 Å². The van der Waals surface area contributed by atoms with Crippen molar-refractivity contribution in [3.63, 3.8) is 0 Å². The highest BCUT2D eigenvalue weighted by molar-refractivity contribution is 6.06. The van der Waals surface area contributed by atoms with Crippen molar-refractivity contribution in [1.29, 1.82) is 0 Å². The Labute approximate surface area is 165 Å². The maximum absolute atomic E-state index is 14.4. The van der Waals surface area contributed by atoms with Crippen LogP contribution in [0.5, 0.6) is 5.75 Å². The highest BCUT2D eigenvalue weighted by Gasteiger charge is 2.22. The number of carbonyl (C=O) groups excluding carboxylic acids is 2. The van der Waals surface area contributed by atoms with E-state index < -0.39 is 11.7 Å². The van der Waals surface area contributed by atoms with E-state index in [1.54, 1.807) is 24.5 Å². The van der Waals surface area contributed by atoms with Gasteiger partial charge in [0.05, 0.1) is 11.3 Å². The second-order valence-electron chi connectivity index (χ2n) is 6.86. The second kappa shape index (κ2) is 7.34. The van der Waals surface area contributed by atoms with Gasteiger partial charge in [0.2, 0.25) is 0 Å². The van der Waals surface area contributed by atoms with E-state index >= 15 is 0 Å². The third kappa shape index (κ3) is 3.66. The molecule has 2 N–H and O–H groups in total. The molecule has 1 aromatic heterocycles. The lowest BCUT2D eigenvalue weighted by Gasteiger charge is -2.19. The van der Waals surface area contributed by atoms with E-state index in [2.05, 4.69) is 20.8 Å². The summed E-state index contributed by atoms with van der Waals surface area (Å²) in [7, 11) is 0. The molecule has 0 fully saturated rings. The van der Waals surface area contributed by atoms with Gasteiger partial charge in [0.15, 0.2) is 12.4 Å². The van der Waals surface area contributed by atoms with Crippen molar-refractivity contribution in [2.75, 3.05) is 17.2 Å². The maximum atomic E-state index is 14.4. The van der Waals surface area contributed by atoms with Gasteiger partial charge in [0.25, 0.3) is 11.8 Å². The van der Waals surface area contributed by atoms with Crippen LogP contribution < -0.4 is 15.4 Å². The van der Waals surface area contributed by atoms with Crippen molar-refractivity contribution in [3.05, 3.63) is 54.1 Å². The Morgan fingerprint density at radius 2 is 2.14 bits per heavy atom. The maximum Gasteiger partial charge on any atom is 0.262 e. The molecule has 0 radical (unpaired) electrons. The summed E-state index contributed by atoms with van der Waals surface area (Å²) in [5.41, 5.74) is 1.29. The van der Waals surface area contributed by atoms with Gasteiger partial charge in [-0.05, 0) is 32.0 Å². The number of benzene rings is 2. The van der Waals surface area contributed by atoms with Gasteiger partial charge in [0.1, 0.15) is 17.9 Å². The number of fused-ring (bicyclic) bond motifs is 1. The predicted molar refractivity (Wildman–Crippen MR) is 104 cm³/mol. The average Bonchev–Trinajstić information content (AvgIpc) is 3.18. The Hall–Kier alpha value is -3.75. The smallest absolute Gasteiger partial charge is 0.262 e. The molecular weight excluding hydrogens is 377 g/mol. The minimum absolute atomic E-state index is 0.167. The van der Waals surface area contributed by atoms with Crippen LogP contribution in [0.15, 0.2) is 42.7 Å². The molecule has 4 rings (SSSR count). The first-order valence-electron chi connectivity index (χ1n) is 9.00. The average molecular weight is 395 g/mol. The molecule has 3 aromatic rings. The lowest BCUT2D eigenvalue weighted by atomic mass is 10.1. The Balaban J connectivity index is 1.60. The summed E-state index contributed by atoms with van der Waals surface area (Å²) >= 11 is 0. The molecule has 9 heteroatoms. The van der Waals surface area contributed by atoms with E-state index in [4.69, 9.17) is 4.74 Å². The van der Waals surface area contributed by atoms with Crippen LogP contribution in [-0.4, -0.2) is 33.2 Å². The Morgan fingerprint density at radius 3 is 2.93 bits per heavy atom. The highest BCUT2D eigenvalue weighted by Crippen LogP contribution is 2.31. The number of halogens is 1. The van der Waals surface area contributed by atoms with E-state index in [9.17, 15) is 14.0 Å². The number of amides is 2. The largest absolute Gasteiger partial charge is 0.481 e. The molecule has 148 valence electrons. The molecule has 0 spiro atoms. The molecule has 2 amide bonds. The Bertz CT molecular complexity index is 1110. The van der Waals surface area contributed by atoms with Gasteiger partial charge in [-0.1, -0.05) is 12.1 Å². The van der Waals surface area contributed by atoms with E-state index in [1.165, 1.54) is 6.07 Å². The molecule has 0 atom stereocenters. The summed E-state index contributed by atoms with van der Waals surface area (Å²) in [5, 5.41) is 13.3. The number of aromatic nitrogens is 3. The molecule has 29 heavy (non-hydrogen) atoms. The van der Waals surface area contributed by atoms with Gasteiger partial charge in [-0.3, -0.25) is 9.59 Å². The fraction of sp³-hybridized carbons (Fsp3) is 0.200. The van der Waals surface area contributed by atoms with Crippen molar-refractivity contribution in [2.24, 2.45) is 0 Å². The third-order valence-electron chi connectivity index (χ3n) is 4.45. The molecular formula is C20H18FN5O3. The van der Waals surface area contributed by atoms with Crippen LogP contribution >= 0.6 is 0 Å². The van der Waals surface area contributed by atoms with Gasteiger partial charge >= 0.3 is 0 Å². The molecule has 0 saturated heterocycles. The van der Waals surface area contributed by atoms with Crippen LogP contribution in [0.3, 0.4) is 0 Å². The molecule has 8 nitrogen and oxygen atoms in total. The summed E-state index contributed by atoms with van der Waals surface area (Å²) < 4.78 is 21.5. The van der Waals surface area contributed by atoms with Crippen molar-refractivity contribution in [3.8, 4) is 17.1 Å². The summed E-state index contributed by atoms with van der Waals surface area (Å²) in [5.74, 6) is -0.900. The zero-order valence-corrected chi connectivity index (χ0v) is 15.8. The number of ether oxygens (including phenoxy) is 1. The minimum Gasteiger partial charge on any atom is -0.481 e. The summed E-state index contributed by atoms with van der Waals surface area (Å²) in [6, 6.07) is 9.56. The molecule has 0 bridgehead atoms. The molecule has 2 heterocycles. The van der Waals surface area contributed by atoms with Crippen LogP contribution in [-0.2, 0) is 4.79 Å². The van der Waals surface area contributed by atoms with Crippen molar-refractivity contribution in [2.45, 2.75) is 19.9 Å². The fourth-order valence-electron chi connectivity index (χ4n) is 3.04. The minimum atomic E-state index is -0.742. The zero-order chi connectivity index (χ0) is 20.5. The lowest BCUT2D eigenvalue weighted by Crippen LogP contribution is -2.26. The van der Waals surface area contributed by atoms with E-state index in [0.717, 1.165) is 11.6 Å². The van der Waals surface area contributed by atoms with Gasteiger partial charge in [-0.25, -0.2) is 4.39 Å². The number of hydrogen-bond acceptors (Lipinski definition) is 5. The number of hydrogen-bond donors (Lipinski definition) is 2. The SMILES string of the molecule is CC(C)n1cnnc1-c1cccc(NC(=O)c2cc3c(cc2F)OCC(=O)N3)c1. The van der Waals surface area contributed by atoms with Gasteiger partial charge in [-0.2, -0.15) is 0 Å². The van der Waals surface area contributed by atoms with Crippen LogP contribution in [0.1, 0.15) is 30.2 Å². The van der Waals surface area contributed by atoms with Gasteiger partial charge in [0, 0.05) is 23.4 Å². The summed E-state index contributed by atoms with van der Waals surface area (Å²) in [4.78, 5) is 24.1. The first-order valence-corrected chi connectivity index (χ1v) is 9.00. The number of anilines is 2. The van der Waals surface area contributed by atoms with Crippen LogP contribution in [0.2, 0.25) is 0 Å². The fourth-order valence-corrected chi connectivity index (χ4v) is 3.04. The first-order chi connectivity index (χ1) is 13.9. The topological polar surface area (TPSA) is 98.1 Å². The standard InChI is InChI=1S/C20H18FN5O3/c1-11(2)26-10-22-25-19(26)12-4-3-5-13(6-12)23-20(28)14-7-16-17(8-15(14)21)29-9-18(27)24-16/h3-8,10-11H,9H2,1-2H3,(H,23,28)(H,24,27).